The fourth-order valence-electron chi connectivity index (χ4n) is 10.1. The predicted octanol–water partition coefficient (Wildman–Crippen LogP) is 8.00. The molecule has 4 fully saturated rings. The third-order valence-electron chi connectivity index (χ3n) is 12.8. The highest BCUT2D eigenvalue weighted by atomic mass is 16.3. The quantitative estimate of drug-likeness (QED) is 0.436. The van der Waals surface area contributed by atoms with Gasteiger partial charge in [-0.25, -0.2) is 0 Å². The molecule has 2 N–H and O–H groups in total. The van der Waals surface area contributed by atoms with Gasteiger partial charge in [0.1, 0.15) is 0 Å². The van der Waals surface area contributed by atoms with Gasteiger partial charge in [0.25, 0.3) is 0 Å². The fraction of sp³-hybridized carbons (Fsp3) is 1.00. The molecule has 10 atom stereocenters. The van der Waals surface area contributed by atoms with Crippen LogP contribution in [0, 0.1) is 51.2 Å². The number of hydrogen-bond acceptors (Lipinski definition) is 2. The molecule has 0 unspecified atom stereocenters. The lowest BCUT2D eigenvalue weighted by Crippen LogP contribution is -2.60. The lowest BCUT2D eigenvalue weighted by Gasteiger charge is -2.66. The fourth-order valence-corrected chi connectivity index (χ4v) is 10.1. The van der Waals surface area contributed by atoms with E-state index in [1.165, 1.54) is 51.4 Å². The van der Waals surface area contributed by atoms with E-state index in [0.29, 0.717) is 22.2 Å². The minimum atomic E-state index is -0.421. The van der Waals surface area contributed by atoms with E-state index in [-0.39, 0.29) is 11.5 Å². The summed E-state index contributed by atoms with van der Waals surface area (Å²) in [6.07, 6.45) is 14.4. The third kappa shape index (κ3) is 4.16. The first-order chi connectivity index (χ1) is 15.2. The van der Waals surface area contributed by atoms with Crippen molar-refractivity contribution in [2.45, 2.75) is 144 Å². The molecular weight excluding hydrogens is 404 g/mol. The molecule has 4 saturated carbocycles. The third-order valence-corrected chi connectivity index (χ3v) is 12.8. The van der Waals surface area contributed by atoms with Gasteiger partial charge in [0.2, 0.25) is 0 Å². The zero-order valence-corrected chi connectivity index (χ0v) is 23.3. The lowest BCUT2D eigenvalue weighted by atomic mass is 9.39. The van der Waals surface area contributed by atoms with Crippen LogP contribution in [-0.4, -0.2) is 21.9 Å². The molecule has 4 aliphatic rings. The van der Waals surface area contributed by atoms with Crippen LogP contribution >= 0.6 is 0 Å². The van der Waals surface area contributed by atoms with Crippen molar-refractivity contribution < 1.29 is 10.2 Å². The van der Waals surface area contributed by atoms with Crippen LogP contribution in [-0.2, 0) is 0 Å². The SMILES string of the molecule is CC[C@]1(O)CC[C@]2(C)[C@H]3CC[C@]4(C)[C@@H]([C@H](C)CC[C@H](O)C(C)(C)C)CC[C@H]4[C@@H]3CC[C@]2(C)C1. The molecule has 0 amide bonds. The second-order valence-corrected chi connectivity index (χ2v) is 15.3. The van der Waals surface area contributed by atoms with Crippen molar-refractivity contribution in [3.8, 4) is 0 Å². The van der Waals surface area contributed by atoms with Crippen molar-refractivity contribution >= 4 is 0 Å². The molecule has 0 bridgehead atoms. The average Bonchev–Trinajstić information content (AvgIpc) is 3.09. The van der Waals surface area contributed by atoms with Crippen molar-refractivity contribution in [3.63, 3.8) is 0 Å². The molecule has 192 valence electrons. The Morgan fingerprint density at radius 3 is 2.21 bits per heavy atom. The van der Waals surface area contributed by atoms with E-state index in [0.717, 1.165) is 49.4 Å². The van der Waals surface area contributed by atoms with Crippen LogP contribution in [0.3, 0.4) is 0 Å². The summed E-state index contributed by atoms with van der Waals surface area (Å²) in [5.74, 6) is 4.18. The van der Waals surface area contributed by atoms with E-state index in [1.54, 1.807) is 0 Å². The van der Waals surface area contributed by atoms with Crippen molar-refractivity contribution in [2.24, 2.45) is 51.2 Å². The summed E-state index contributed by atoms with van der Waals surface area (Å²) in [5, 5.41) is 21.8. The Labute approximate surface area is 205 Å². The van der Waals surface area contributed by atoms with Crippen molar-refractivity contribution in [3.05, 3.63) is 0 Å². The molecule has 4 rings (SSSR count). The van der Waals surface area contributed by atoms with Gasteiger partial charge in [-0.05, 0) is 128 Å². The summed E-state index contributed by atoms with van der Waals surface area (Å²) < 4.78 is 0. The Morgan fingerprint density at radius 1 is 0.879 bits per heavy atom. The van der Waals surface area contributed by atoms with Gasteiger partial charge in [0.15, 0.2) is 0 Å². The molecule has 0 aromatic rings. The average molecular weight is 461 g/mol. The van der Waals surface area contributed by atoms with Crippen LogP contribution in [0.15, 0.2) is 0 Å². The van der Waals surface area contributed by atoms with Gasteiger partial charge >= 0.3 is 0 Å². The van der Waals surface area contributed by atoms with Gasteiger partial charge in [0, 0.05) is 0 Å². The van der Waals surface area contributed by atoms with Crippen LogP contribution in [0.25, 0.3) is 0 Å². The number of aliphatic hydroxyl groups excluding tert-OH is 1. The van der Waals surface area contributed by atoms with E-state index in [9.17, 15) is 10.2 Å². The molecule has 0 spiro atoms. The van der Waals surface area contributed by atoms with E-state index in [2.05, 4.69) is 55.4 Å². The predicted molar refractivity (Wildman–Crippen MR) is 139 cm³/mol. The first kappa shape index (κ1) is 26.0. The summed E-state index contributed by atoms with van der Waals surface area (Å²) >= 11 is 0. The Bertz CT molecular complexity index is 710. The molecule has 0 heterocycles. The smallest absolute Gasteiger partial charge is 0.0650 e. The zero-order valence-electron chi connectivity index (χ0n) is 23.3. The highest BCUT2D eigenvalue weighted by Crippen LogP contribution is 2.72. The van der Waals surface area contributed by atoms with Gasteiger partial charge in [-0.1, -0.05) is 55.4 Å². The van der Waals surface area contributed by atoms with Crippen molar-refractivity contribution in [1.82, 2.24) is 0 Å². The van der Waals surface area contributed by atoms with E-state index in [1.807, 2.05) is 0 Å². The van der Waals surface area contributed by atoms with Crippen LogP contribution in [0.2, 0.25) is 0 Å². The van der Waals surface area contributed by atoms with E-state index < -0.39 is 5.60 Å². The zero-order chi connectivity index (χ0) is 24.4. The van der Waals surface area contributed by atoms with Gasteiger partial charge in [0.05, 0.1) is 11.7 Å². The van der Waals surface area contributed by atoms with Crippen molar-refractivity contribution in [2.75, 3.05) is 0 Å². The Balaban J connectivity index is 1.48. The first-order valence-electron chi connectivity index (χ1n) is 14.6. The maximum absolute atomic E-state index is 11.2. The number of aliphatic hydroxyl groups is 2. The highest BCUT2D eigenvalue weighted by Gasteiger charge is 2.64. The minimum absolute atomic E-state index is 0.00594. The monoisotopic (exact) mass is 460 g/mol. The normalized spacial score (nSPS) is 49.6. The van der Waals surface area contributed by atoms with Crippen LogP contribution in [0.1, 0.15) is 132 Å². The second kappa shape index (κ2) is 8.50. The van der Waals surface area contributed by atoms with Gasteiger partial charge in [-0.15, -0.1) is 0 Å². The van der Waals surface area contributed by atoms with Gasteiger partial charge < -0.3 is 10.2 Å². The molecule has 33 heavy (non-hydrogen) atoms. The molecule has 4 aliphatic carbocycles. The Kier molecular flexibility index (Phi) is 6.70. The van der Waals surface area contributed by atoms with Crippen LogP contribution in [0.4, 0.5) is 0 Å². The maximum atomic E-state index is 11.2. The second-order valence-electron chi connectivity index (χ2n) is 15.3. The maximum Gasteiger partial charge on any atom is 0.0650 e. The number of rotatable bonds is 5. The lowest BCUT2D eigenvalue weighted by molar-refractivity contribution is -0.194. The summed E-state index contributed by atoms with van der Waals surface area (Å²) in [4.78, 5) is 0. The molecule has 0 aromatic heterocycles. The summed E-state index contributed by atoms with van der Waals surface area (Å²) in [7, 11) is 0. The van der Waals surface area contributed by atoms with Crippen LogP contribution < -0.4 is 0 Å². The van der Waals surface area contributed by atoms with Gasteiger partial charge in [-0.2, -0.15) is 0 Å². The largest absolute Gasteiger partial charge is 0.393 e. The van der Waals surface area contributed by atoms with Crippen LogP contribution in [0.5, 0.6) is 0 Å². The van der Waals surface area contributed by atoms with Crippen molar-refractivity contribution in [1.29, 1.82) is 0 Å². The summed E-state index contributed by atoms with van der Waals surface area (Å²) in [5.41, 5.74) is 0.776. The summed E-state index contributed by atoms with van der Waals surface area (Å²) in [6, 6.07) is 0. The van der Waals surface area contributed by atoms with Gasteiger partial charge in [-0.3, -0.25) is 0 Å². The number of hydrogen-bond donors (Lipinski definition) is 2. The highest BCUT2D eigenvalue weighted by molar-refractivity contribution is 5.14. The molecule has 0 aliphatic heterocycles. The number of fused-ring (bicyclic) bond motifs is 5. The minimum Gasteiger partial charge on any atom is -0.393 e. The molecule has 2 nitrogen and oxygen atoms in total. The molecular formula is C31H56O2. The Hall–Kier alpha value is -0.0800. The Morgan fingerprint density at radius 2 is 1.58 bits per heavy atom. The molecule has 0 saturated heterocycles. The first-order valence-corrected chi connectivity index (χ1v) is 14.6. The molecule has 0 aromatic carbocycles. The molecule has 0 radical (unpaired) electrons. The molecule has 2 heteroatoms. The topological polar surface area (TPSA) is 40.5 Å². The summed E-state index contributed by atoms with van der Waals surface area (Å²) in [6.45, 7) is 19.0. The standard InChI is InChI=1S/C31H56O2/c1-9-31(33)19-18-30(8)25-15-17-29(7)23(21(2)10-13-26(32)27(3,4)5)11-12-24(29)22(25)14-16-28(30,6)20-31/h21-26,32-33H,9-20H2,1-8H3/t21-,22+,23-,24+,25+,26+,28-,29-,30-,31+/m1/s1. The van der Waals surface area contributed by atoms with E-state index >= 15 is 0 Å². The van der Waals surface area contributed by atoms with E-state index in [4.69, 9.17) is 0 Å².